The molecule has 4 rings (SSSR count). The molecule has 0 unspecified atom stereocenters. The summed E-state index contributed by atoms with van der Waals surface area (Å²) in [6, 6.07) is 20.4. The number of likely N-dealkylation sites (tertiary alicyclic amines) is 1. The van der Waals surface area contributed by atoms with E-state index in [-0.39, 0.29) is 0 Å². The minimum Gasteiger partial charge on any atom is -0.381 e. The zero-order valence-electron chi connectivity index (χ0n) is 18.3. The molecule has 0 bridgehead atoms. The summed E-state index contributed by atoms with van der Waals surface area (Å²) >= 11 is 5.91. The first kappa shape index (κ1) is 22.2. The third-order valence-corrected chi connectivity index (χ3v) is 6.06. The van der Waals surface area contributed by atoms with Crippen molar-refractivity contribution < 1.29 is 0 Å². The van der Waals surface area contributed by atoms with Gasteiger partial charge in [-0.3, -0.25) is 5.41 Å². The number of rotatable bonds is 7. The van der Waals surface area contributed by atoms with E-state index in [2.05, 4.69) is 56.9 Å². The van der Waals surface area contributed by atoms with E-state index in [1.165, 1.54) is 36.8 Å². The van der Waals surface area contributed by atoms with E-state index < -0.39 is 0 Å². The summed E-state index contributed by atoms with van der Waals surface area (Å²) in [5, 5.41) is 16.1. The predicted octanol–water partition coefficient (Wildman–Crippen LogP) is 6.16. The SMILES string of the molecule is N=C(c1ccc(CNc2ccccc2CNc2ccc(Cl)cn2)cc1)N1CCCCCC1. The van der Waals surface area contributed by atoms with Gasteiger partial charge in [-0.1, -0.05) is 66.9 Å². The average molecular weight is 448 g/mol. The third kappa shape index (κ3) is 6.01. The maximum absolute atomic E-state index is 8.58. The molecule has 0 aliphatic carbocycles. The van der Waals surface area contributed by atoms with Crippen molar-refractivity contribution in [2.75, 3.05) is 23.7 Å². The molecule has 0 atom stereocenters. The standard InChI is InChI=1S/C26H30ClN5/c27-23-13-14-25(31-19-23)30-18-22-7-3-4-8-24(22)29-17-20-9-11-21(12-10-20)26(28)32-15-5-1-2-6-16-32/h3-4,7-14,19,28-29H,1-2,5-6,15-18H2,(H,30,31). The third-order valence-electron chi connectivity index (χ3n) is 5.84. The topological polar surface area (TPSA) is 64.0 Å². The molecule has 1 fully saturated rings. The zero-order valence-corrected chi connectivity index (χ0v) is 19.0. The number of nitrogens with one attached hydrogen (secondary N) is 3. The summed E-state index contributed by atoms with van der Waals surface area (Å²) in [6.07, 6.45) is 6.58. The molecule has 1 aliphatic rings. The van der Waals surface area contributed by atoms with Gasteiger partial charge < -0.3 is 15.5 Å². The van der Waals surface area contributed by atoms with Crippen LogP contribution in [-0.4, -0.2) is 28.8 Å². The normalized spacial score (nSPS) is 14.0. The van der Waals surface area contributed by atoms with E-state index in [1.807, 2.05) is 24.3 Å². The van der Waals surface area contributed by atoms with Gasteiger partial charge in [-0.2, -0.15) is 0 Å². The lowest BCUT2D eigenvalue weighted by Crippen LogP contribution is -2.31. The van der Waals surface area contributed by atoms with Crippen LogP contribution in [0.4, 0.5) is 11.5 Å². The molecule has 5 nitrogen and oxygen atoms in total. The molecule has 6 heteroatoms. The van der Waals surface area contributed by atoms with Crippen molar-refractivity contribution in [2.45, 2.75) is 38.8 Å². The molecule has 1 aliphatic heterocycles. The number of halogens is 1. The first-order valence-corrected chi connectivity index (χ1v) is 11.7. The second kappa shape index (κ2) is 11.0. The molecule has 3 aromatic rings. The van der Waals surface area contributed by atoms with Crippen LogP contribution in [0, 0.1) is 5.41 Å². The smallest absolute Gasteiger partial charge is 0.128 e. The number of benzene rings is 2. The van der Waals surface area contributed by atoms with Crippen molar-refractivity contribution in [3.63, 3.8) is 0 Å². The maximum atomic E-state index is 8.58. The van der Waals surface area contributed by atoms with Gasteiger partial charge in [-0.05, 0) is 42.2 Å². The van der Waals surface area contributed by atoms with Crippen molar-refractivity contribution in [3.05, 3.63) is 88.6 Å². The molecular weight excluding hydrogens is 418 g/mol. The van der Waals surface area contributed by atoms with Crippen molar-refractivity contribution in [1.82, 2.24) is 9.88 Å². The van der Waals surface area contributed by atoms with Crippen LogP contribution in [0.5, 0.6) is 0 Å². The lowest BCUT2D eigenvalue weighted by Gasteiger charge is -2.23. The Morgan fingerprint density at radius 1 is 0.875 bits per heavy atom. The fourth-order valence-corrected chi connectivity index (χ4v) is 4.08. The van der Waals surface area contributed by atoms with Gasteiger partial charge in [-0.25, -0.2) is 4.98 Å². The Labute approximate surface area is 195 Å². The molecule has 0 amide bonds. The highest BCUT2D eigenvalue weighted by Crippen LogP contribution is 2.19. The number of hydrogen-bond acceptors (Lipinski definition) is 4. The van der Waals surface area contributed by atoms with Gasteiger partial charge in [0, 0.05) is 43.6 Å². The molecule has 1 saturated heterocycles. The maximum Gasteiger partial charge on any atom is 0.128 e. The van der Waals surface area contributed by atoms with Crippen LogP contribution in [0.25, 0.3) is 0 Å². The van der Waals surface area contributed by atoms with Gasteiger partial charge in [0.05, 0.1) is 5.02 Å². The summed E-state index contributed by atoms with van der Waals surface area (Å²) in [4.78, 5) is 6.51. The van der Waals surface area contributed by atoms with Crippen LogP contribution in [0.3, 0.4) is 0 Å². The van der Waals surface area contributed by atoms with Gasteiger partial charge in [0.2, 0.25) is 0 Å². The first-order chi connectivity index (χ1) is 15.7. The molecule has 3 N–H and O–H groups in total. The molecule has 1 aromatic heterocycles. The van der Waals surface area contributed by atoms with Crippen molar-refractivity contribution in [2.24, 2.45) is 0 Å². The molecule has 2 heterocycles. The van der Waals surface area contributed by atoms with Crippen LogP contribution in [0.2, 0.25) is 5.02 Å². The molecule has 166 valence electrons. The predicted molar refractivity (Wildman–Crippen MR) is 134 cm³/mol. The van der Waals surface area contributed by atoms with Crippen molar-refractivity contribution in [1.29, 1.82) is 5.41 Å². The van der Waals surface area contributed by atoms with Gasteiger partial charge in [0.1, 0.15) is 11.7 Å². The van der Waals surface area contributed by atoms with Gasteiger partial charge >= 0.3 is 0 Å². The number of pyridine rings is 1. The molecule has 2 aromatic carbocycles. The lowest BCUT2D eigenvalue weighted by atomic mass is 10.1. The van der Waals surface area contributed by atoms with Gasteiger partial charge in [-0.15, -0.1) is 0 Å². The van der Waals surface area contributed by atoms with E-state index >= 15 is 0 Å². The lowest BCUT2D eigenvalue weighted by molar-refractivity contribution is 0.433. The number of hydrogen-bond donors (Lipinski definition) is 3. The summed E-state index contributed by atoms with van der Waals surface area (Å²) in [7, 11) is 0. The van der Waals surface area contributed by atoms with Crippen LogP contribution in [0.1, 0.15) is 42.4 Å². The minimum absolute atomic E-state index is 0.630. The second-order valence-electron chi connectivity index (χ2n) is 8.17. The average Bonchev–Trinajstić information content (AvgIpc) is 3.12. The van der Waals surface area contributed by atoms with Crippen LogP contribution < -0.4 is 10.6 Å². The summed E-state index contributed by atoms with van der Waals surface area (Å²) in [6.45, 7) is 3.40. The number of anilines is 2. The highest BCUT2D eigenvalue weighted by Gasteiger charge is 2.14. The Balaban J connectivity index is 1.34. The quantitative estimate of drug-likeness (QED) is 0.299. The first-order valence-electron chi connectivity index (χ1n) is 11.3. The Kier molecular flexibility index (Phi) is 7.62. The molecule has 0 radical (unpaired) electrons. The van der Waals surface area contributed by atoms with E-state index in [1.54, 1.807) is 6.20 Å². The van der Waals surface area contributed by atoms with Gasteiger partial charge in [0.15, 0.2) is 0 Å². The van der Waals surface area contributed by atoms with E-state index in [0.717, 1.165) is 36.7 Å². The van der Waals surface area contributed by atoms with Crippen molar-refractivity contribution >= 4 is 28.9 Å². The highest BCUT2D eigenvalue weighted by molar-refractivity contribution is 6.30. The van der Waals surface area contributed by atoms with Crippen LogP contribution >= 0.6 is 11.6 Å². The number of aromatic nitrogens is 1. The molecule has 0 spiro atoms. The minimum atomic E-state index is 0.630. The Morgan fingerprint density at radius 3 is 2.34 bits per heavy atom. The highest BCUT2D eigenvalue weighted by atomic mass is 35.5. The van der Waals surface area contributed by atoms with E-state index in [0.29, 0.717) is 17.4 Å². The Bertz CT molecular complexity index is 1010. The van der Waals surface area contributed by atoms with Crippen molar-refractivity contribution in [3.8, 4) is 0 Å². The molecule has 32 heavy (non-hydrogen) atoms. The second-order valence-corrected chi connectivity index (χ2v) is 8.61. The number of para-hydroxylation sites is 1. The summed E-state index contributed by atoms with van der Waals surface area (Å²) in [5.74, 6) is 1.45. The largest absolute Gasteiger partial charge is 0.381 e. The van der Waals surface area contributed by atoms with E-state index in [4.69, 9.17) is 17.0 Å². The summed E-state index contributed by atoms with van der Waals surface area (Å²) < 4.78 is 0. The molecular formula is C26H30ClN5. The van der Waals surface area contributed by atoms with Crippen LogP contribution in [-0.2, 0) is 13.1 Å². The number of nitrogens with zero attached hydrogens (tertiary/aromatic N) is 2. The Hall–Kier alpha value is -3.05. The summed E-state index contributed by atoms with van der Waals surface area (Å²) in [5.41, 5.74) is 4.45. The fraction of sp³-hybridized carbons (Fsp3) is 0.308. The van der Waals surface area contributed by atoms with E-state index in [9.17, 15) is 0 Å². The Morgan fingerprint density at radius 2 is 1.62 bits per heavy atom. The zero-order chi connectivity index (χ0) is 22.2. The number of amidine groups is 1. The fourth-order valence-electron chi connectivity index (χ4n) is 3.97. The molecule has 0 saturated carbocycles. The van der Waals surface area contributed by atoms with Gasteiger partial charge in [0.25, 0.3) is 0 Å². The van der Waals surface area contributed by atoms with Crippen LogP contribution in [0.15, 0.2) is 66.9 Å². The monoisotopic (exact) mass is 447 g/mol.